The van der Waals surface area contributed by atoms with E-state index in [2.05, 4.69) is 21.9 Å². The van der Waals surface area contributed by atoms with Gasteiger partial charge in [-0.05, 0) is 48.7 Å². The Morgan fingerprint density at radius 2 is 2.20 bits per heavy atom. The Bertz CT molecular complexity index is 887. The predicted molar refractivity (Wildman–Crippen MR) is 97.6 cm³/mol. The highest BCUT2D eigenvalue weighted by Crippen LogP contribution is 2.31. The Labute approximate surface area is 145 Å². The Morgan fingerprint density at radius 3 is 2.96 bits per heavy atom. The number of aromatic nitrogens is 2. The summed E-state index contributed by atoms with van der Waals surface area (Å²) in [5, 5.41) is 3.61. The molecule has 0 fully saturated rings. The number of fused-ring (bicyclic) bond motifs is 1. The molecule has 1 amide bonds. The van der Waals surface area contributed by atoms with Gasteiger partial charge in [0.05, 0.1) is 11.4 Å². The zero-order chi connectivity index (χ0) is 17.6. The number of H-pyrrole nitrogens is 1. The first kappa shape index (κ1) is 16.9. The lowest BCUT2D eigenvalue weighted by atomic mass is 10.0. The average Bonchev–Trinajstić information content (AvgIpc) is 2.98. The smallest absolute Gasteiger partial charge is 0.220 e. The van der Waals surface area contributed by atoms with Gasteiger partial charge in [0, 0.05) is 30.1 Å². The summed E-state index contributed by atoms with van der Waals surface area (Å²) in [6.07, 6.45) is 5.13. The average molecular weight is 337 g/mol. The van der Waals surface area contributed by atoms with Gasteiger partial charge < -0.3 is 10.3 Å². The molecule has 0 unspecified atom stereocenters. The summed E-state index contributed by atoms with van der Waals surface area (Å²) < 4.78 is 13.7. The van der Waals surface area contributed by atoms with Crippen LogP contribution in [0.25, 0.3) is 22.3 Å². The summed E-state index contributed by atoms with van der Waals surface area (Å²) in [6.45, 7) is 4.05. The number of carbonyl (C=O) groups is 1. The maximum Gasteiger partial charge on any atom is 0.220 e. The summed E-state index contributed by atoms with van der Waals surface area (Å²) >= 11 is 0. The molecular weight excluding hydrogens is 317 g/mol. The molecule has 0 saturated carbocycles. The molecule has 1 aromatic carbocycles. The van der Waals surface area contributed by atoms with E-state index >= 15 is 0 Å². The maximum absolute atomic E-state index is 13.7. The highest BCUT2D eigenvalue weighted by Gasteiger charge is 2.15. The quantitative estimate of drug-likeness (QED) is 0.640. The lowest BCUT2D eigenvalue weighted by Gasteiger charge is -2.05. The van der Waals surface area contributed by atoms with E-state index in [1.165, 1.54) is 12.1 Å². The first-order chi connectivity index (χ1) is 12.2. The van der Waals surface area contributed by atoms with E-state index in [1.54, 1.807) is 18.3 Å². The number of carbonyl (C=O) groups excluding carboxylic acids is 1. The number of pyridine rings is 1. The summed E-state index contributed by atoms with van der Waals surface area (Å²) in [5.74, 6) is -0.283. The van der Waals surface area contributed by atoms with E-state index in [-0.39, 0.29) is 11.7 Å². The lowest BCUT2D eigenvalue weighted by molar-refractivity contribution is -0.120. The topological polar surface area (TPSA) is 57.8 Å². The molecule has 0 atom stereocenters. The number of nitrogens with one attached hydrogen (secondary N) is 2. The SMILES string of the molecule is C=CCNC(=O)CCCc1c(-c2ccccn2)[nH]c2ccc(F)cc12. The fourth-order valence-corrected chi connectivity index (χ4v) is 2.91. The van der Waals surface area contributed by atoms with Crippen LogP contribution in [0.3, 0.4) is 0 Å². The number of benzene rings is 1. The summed E-state index contributed by atoms with van der Waals surface area (Å²) in [7, 11) is 0. The molecule has 2 N–H and O–H groups in total. The van der Waals surface area contributed by atoms with Gasteiger partial charge in [0.1, 0.15) is 5.82 Å². The molecule has 3 aromatic rings. The highest BCUT2D eigenvalue weighted by molar-refractivity contribution is 5.90. The predicted octanol–water partition coefficient (Wildman–Crippen LogP) is 3.99. The Balaban J connectivity index is 1.87. The van der Waals surface area contributed by atoms with Crippen LogP contribution in [0.1, 0.15) is 18.4 Å². The van der Waals surface area contributed by atoms with Crippen LogP contribution in [0.4, 0.5) is 4.39 Å². The van der Waals surface area contributed by atoms with Crippen molar-refractivity contribution in [2.24, 2.45) is 0 Å². The zero-order valence-corrected chi connectivity index (χ0v) is 13.9. The van der Waals surface area contributed by atoms with Gasteiger partial charge in [-0.2, -0.15) is 0 Å². The molecule has 3 rings (SSSR count). The number of halogens is 1. The molecule has 0 saturated heterocycles. The molecule has 2 aromatic heterocycles. The van der Waals surface area contributed by atoms with Crippen LogP contribution in [0, 0.1) is 5.82 Å². The number of amides is 1. The third-order valence-corrected chi connectivity index (χ3v) is 4.06. The maximum atomic E-state index is 13.7. The molecule has 2 heterocycles. The van der Waals surface area contributed by atoms with E-state index in [9.17, 15) is 9.18 Å². The van der Waals surface area contributed by atoms with Crippen molar-refractivity contribution in [2.75, 3.05) is 6.54 Å². The lowest BCUT2D eigenvalue weighted by Crippen LogP contribution is -2.22. The molecule has 4 nitrogen and oxygen atoms in total. The van der Waals surface area contributed by atoms with Crippen LogP contribution in [0.15, 0.2) is 55.3 Å². The Kier molecular flexibility index (Phi) is 5.23. The van der Waals surface area contributed by atoms with Crippen LogP contribution in [0.5, 0.6) is 0 Å². The van der Waals surface area contributed by atoms with Crippen LogP contribution in [0.2, 0.25) is 0 Å². The van der Waals surface area contributed by atoms with Crippen molar-refractivity contribution in [1.82, 2.24) is 15.3 Å². The summed E-state index contributed by atoms with van der Waals surface area (Å²) in [4.78, 5) is 19.5. The van der Waals surface area contributed by atoms with Gasteiger partial charge in [-0.25, -0.2) is 4.39 Å². The van der Waals surface area contributed by atoms with Gasteiger partial charge in [-0.15, -0.1) is 6.58 Å². The van der Waals surface area contributed by atoms with Gasteiger partial charge in [0.25, 0.3) is 0 Å². The summed E-state index contributed by atoms with van der Waals surface area (Å²) in [5.41, 5.74) is 3.55. The normalized spacial score (nSPS) is 10.8. The number of aryl methyl sites for hydroxylation is 1. The molecule has 25 heavy (non-hydrogen) atoms. The number of hydrogen-bond donors (Lipinski definition) is 2. The van der Waals surface area contributed by atoms with E-state index < -0.39 is 0 Å². The minimum atomic E-state index is -0.274. The molecule has 0 aliphatic carbocycles. The van der Waals surface area contributed by atoms with E-state index in [0.717, 1.165) is 27.9 Å². The summed E-state index contributed by atoms with van der Waals surface area (Å²) in [6, 6.07) is 10.4. The van der Waals surface area contributed by atoms with Crippen molar-refractivity contribution >= 4 is 16.8 Å². The van der Waals surface area contributed by atoms with Crippen LogP contribution in [-0.2, 0) is 11.2 Å². The molecule has 0 radical (unpaired) electrons. The van der Waals surface area contributed by atoms with Crippen molar-refractivity contribution in [1.29, 1.82) is 0 Å². The first-order valence-electron chi connectivity index (χ1n) is 8.28. The van der Waals surface area contributed by atoms with E-state index in [0.29, 0.717) is 25.8 Å². The second kappa shape index (κ2) is 7.75. The van der Waals surface area contributed by atoms with Crippen molar-refractivity contribution in [2.45, 2.75) is 19.3 Å². The monoisotopic (exact) mass is 337 g/mol. The molecular formula is C20H20FN3O. The Morgan fingerprint density at radius 1 is 1.32 bits per heavy atom. The van der Waals surface area contributed by atoms with Gasteiger partial charge in [0.2, 0.25) is 5.91 Å². The fourth-order valence-electron chi connectivity index (χ4n) is 2.91. The zero-order valence-electron chi connectivity index (χ0n) is 13.9. The molecule has 0 aliphatic heterocycles. The molecule has 0 spiro atoms. The fraction of sp³-hybridized carbons (Fsp3) is 0.200. The highest BCUT2D eigenvalue weighted by atomic mass is 19.1. The van der Waals surface area contributed by atoms with Crippen LogP contribution in [-0.4, -0.2) is 22.4 Å². The van der Waals surface area contributed by atoms with Crippen molar-refractivity contribution in [3.8, 4) is 11.4 Å². The standard InChI is InChI=1S/C20H20FN3O/c1-2-11-23-19(25)8-5-6-15-16-13-14(21)9-10-17(16)24-20(15)18-7-3-4-12-22-18/h2-4,7,9-10,12-13,24H,1,5-6,8,11H2,(H,23,25). The van der Waals surface area contributed by atoms with Gasteiger partial charge in [0.15, 0.2) is 0 Å². The Hall–Kier alpha value is -2.95. The minimum Gasteiger partial charge on any atom is -0.353 e. The molecule has 128 valence electrons. The molecule has 0 bridgehead atoms. The van der Waals surface area contributed by atoms with E-state index in [1.807, 2.05) is 18.2 Å². The number of hydrogen-bond acceptors (Lipinski definition) is 2. The minimum absolute atomic E-state index is 0.00897. The van der Waals surface area contributed by atoms with Crippen LogP contribution < -0.4 is 5.32 Å². The van der Waals surface area contributed by atoms with Crippen molar-refractivity contribution < 1.29 is 9.18 Å². The van der Waals surface area contributed by atoms with Crippen molar-refractivity contribution in [3.05, 3.63) is 66.6 Å². The van der Waals surface area contributed by atoms with Crippen molar-refractivity contribution in [3.63, 3.8) is 0 Å². The van der Waals surface area contributed by atoms with Crippen LogP contribution >= 0.6 is 0 Å². The second-order valence-corrected chi connectivity index (χ2v) is 5.83. The largest absolute Gasteiger partial charge is 0.353 e. The third kappa shape index (κ3) is 3.94. The van der Waals surface area contributed by atoms with Gasteiger partial charge in [-0.3, -0.25) is 9.78 Å². The van der Waals surface area contributed by atoms with E-state index in [4.69, 9.17) is 0 Å². The van der Waals surface area contributed by atoms with Gasteiger partial charge in [-0.1, -0.05) is 12.1 Å². The third-order valence-electron chi connectivity index (χ3n) is 4.06. The number of aromatic amines is 1. The van der Waals surface area contributed by atoms with Gasteiger partial charge >= 0.3 is 0 Å². The number of rotatable bonds is 7. The molecule has 5 heteroatoms. The number of nitrogens with zero attached hydrogens (tertiary/aromatic N) is 1. The molecule has 0 aliphatic rings. The second-order valence-electron chi connectivity index (χ2n) is 5.83. The first-order valence-corrected chi connectivity index (χ1v) is 8.28.